The van der Waals surface area contributed by atoms with E-state index >= 15 is 0 Å². The lowest BCUT2D eigenvalue weighted by atomic mass is 9.81. The molecular formula is C32H37F4N5O2. The summed E-state index contributed by atoms with van der Waals surface area (Å²) >= 11 is 0. The number of urea groups is 1. The first-order valence-electron chi connectivity index (χ1n) is 14.7. The number of nitrogens with zero attached hydrogens (tertiary/aromatic N) is 4. The zero-order valence-corrected chi connectivity index (χ0v) is 24.6. The number of halogens is 4. The van der Waals surface area contributed by atoms with E-state index in [4.69, 9.17) is 0 Å². The first-order chi connectivity index (χ1) is 20.4. The lowest BCUT2D eigenvalue weighted by Gasteiger charge is -2.37. The van der Waals surface area contributed by atoms with Gasteiger partial charge in [0, 0.05) is 31.6 Å². The standard InChI is InChI=1S/C32H37F4N5O2/c1-4-39(21-31(3,32(34,35)36)22-10-6-5-7-11-22)28(42)24-20-37-41(27(24)30(2)16-17-30)23-14-18-40(19-15-23)29(43)38-26-13-9-8-12-25(26)33/h5-13,20,23H,4,14-19,21H2,1-3H3,(H,38,43). The lowest BCUT2D eigenvalue weighted by molar-refractivity contribution is -0.188. The van der Waals surface area contributed by atoms with Gasteiger partial charge in [-0.3, -0.25) is 9.48 Å². The number of likely N-dealkylation sites (N-methyl/N-ethyl adjacent to an activating group) is 1. The summed E-state index contributed by atoms with van der Waals surface area (Å²) in [5.74, 6) is -0.979. The van der Waals surface area contributed by atoms with Gasteiger partial charge >= 0.3 is 12.2 Å². The number of hydrogen-bond acceptors (Lipinski definition) is 3. The Labute approximate surface area is 248 Å². The highest BCUT2D eigenvalue weighted by atomic mass is 19.4. The van der Waals surface area contributed by atoms with E-state index in [9.17, 15) is 27.2 Å². The zero-order valence-electron chi connectivity index (χ0n) is 24.6. The number of amides is 3. The molecular weight excluding hydrogens is 562 g/mol. The van der Waals surface area contributed by atoms with Gasteiger partial charge in [0.25, 0.3) is 5.91 Å². The van der Waals surface area contributed by atoms with Crippen molar-refractivity contribution in [3.63, 3.8) is 0 Å². The van der Waals surface area contributed by atoms with E-state index in [1.165, 1.54) is 35.4 Å². The molecule has 1 N–H and O–H groups in total. The monoisotopic (exact) mass is 599 g/mol. The maximum atomic E-state index is 14.5. The molecule has 43 heavy (non-hydrogen) atoms. The average Bonchev–Trinajstić information content (AvgIpc) is 3.57. The number of piperidine rings is 1. The van der Waals surface area contributed by atoms with Crippen LogP contribution < -0.4 is 5.32 Å². The van der Waals surface area contributed by atoms with Crippen LogP contribution in [0.3, 0.4) is 0 Å². The van der Waals surface area contributed by atoms with Crippen LogP contribution in [0.25, 0.3) is 0 Å². The van der Waals surface area contributed by atoms with Crippen molar-refractivity contribution in [2.75, 3.05) is 31.5 Å². The SMILES string of the molecule is CCN(CC(C)(c1ccccc1)C(F)(F)F)C(=O)c1cnn(C2CCN(C(=O)Nc3ccccc3F)CC2)c1C1(C)CC1. The molecule has 5 rings (SSSR count). The number of likely N-dealkylation sites (tertiary alicyclic amines) is 1. The second-order valence-electron chi connectivity index (χ2n) is 12.1. The van der Waals surface area contributed by atoms with Crippen LogP contribution in [-0.2, 0) is 10.8 Å². The van der Waals surface area contributed by atoms with E-state index in [2.05, 4.69) is 10.4 Å². The number of rotatable bonds is 8. The van der Waals surface area contributed by atoms with Crippen LogP contribution in [0.1, 0.15) is 74.1 Å². The number of aromatic nitrogens is 2. The van der Waals surface area contributed by atoms with Crippen molar-refractivity contribution in [2.45, 2.75) is 69.5 Å². The number of para-hydroxylation sites is 1. The van der Waals surface area contributed by atoms with E-state index in [0.29, 0.717) is 31.5 Å². The van der Waals surface area contributed by atoms with Gasteiger partial charge in [0.05, 0.1) is 29.2 Å². The Hall–Kier alpha value is -3.89. The summed E-state index contributed by atoms with van der Waals surface area (Å²) in [6.45, 7) is 5.28. The van der Waals surface area contributed by atoms with Gasteiger partial charge in [0.2, 0.25) is 0 Å². The molecule has 1 unspecified atom stereocenters. The molecule has 2 fully saturated rings. The first-order valence-corrected chi connectivity index (χ1v) is 14.7. The largest absolute Gasteiger partial charge is 0.399 e. The van der Waals surface area contributed by atoms with E-state index < -0.39 is 29.9 Å². The minimum atomic E-state index is -4.58. The Balaban J connectivity index is 1.35. The number of hydrogen-bond donors (Lipinski definition) is 1. The second kappa shape index (κ2) is 11.7. The maximum Gasteiger partial charge on any atom is 0.399 e. The van der Waals surface area contributed by atoms with Gasteiger partial charge < -0.3 is 15.1 Å². The van der Waals surface area contributed by atoms with Crippen molar-refractivity contribution in [2.24, 2.45) is 0 Å². The summed E-state index contributed by atoms with van der Waals surface area (Å²) in [6, 6.07) is 13.2. The summed E-state index contributed by atoms with van der Waals surface area (Å²) in [7, 11) is 0. The average molecular weight is 600 g/mol. The Morgan fingerprint density at radius 2 is 1.67 bits per heavy atom. The molecule has 1 saturated carbocycles. The highest BCUT2D eigenvalue weighted by Crippen LogP contribution is 2.50. The van der Waals surface area contributed by atoms with Crippen LogP contribution in [0.2, 0.25) is 0 Å². The van der Waals surface area contributed by atoms with E-state index in [1.807, 2.05) is 11.6 Å². The van der Waals surface area contributed by atoms with Crippen molar-refractivity contribution in [1.29, 1.82) is 0 Å². The van der Waals surface area contributed by atoms with E-state index in [1.54, 1.807) is 42.2 Å². The van der Waals surface area contributed by atoms with Crippen LogP contribution in [0.4, 0.5) is 28.0 Å². The van der Waals surface area contributed by atoms with Crippen molar-refractivity contribution >= 4 is 17.6 Å². The molecule has 0 spiro atoms. The summed E-state index contributed by atoms with van der Waals surface area (Å²) in [6.07, 6.45) is -0.251. The van der Waals surface area contributed by atoms with Gasteiger partial charge in [-0.2, -0.15) is 18.3 Å². The Bertz CT molecular complexity index is 1460. The van der Waals surface area contributed by atoms with Crippen molar-refractivity contribution in [1.82, 2.24) is 19.6 Å². The van der Waals surface area contributed by atoms with E-state index in [0.717, 1.165) is 25.5 Å². The van der Waals surface area contributed by atoms with Gasteiger partial charge in [-0.05, 0) is 57.2 Å². The molecule has 7 nitrogen and oxygen atoms in total. The highest BCUT2D eigenvalue weighted by Gasteiger charge is 2.54. The molecule has 1 aliphatic carbocycles. The molecule has 1 aromatic heterocycles. The number of benzene rings is 2. The normalized spacial score (nSPS) is 18.2. The molecule has 230 valence electrons. The predicted octanol–water partition coefficient (Wildman–Crippen LogP) is 6.93. The summed E-state index contributed by atoms with van der Waals surface area (Å²) in [5.41, 5.74) is -1.26. The predicted molar refractivity (Wildman–Crippen MR) is 156 cm³/mol. The number of carbonyl (C=O) groups excluding carboxylic acids is 2. The number of nitrogens with one attached hydrogen (secondary N) is 1. The lowest BCUT2D eigenvalue weighted by Crippen LogP contribution is -2.50. The van der Waals surface area contributed by atoms with Crippen LogP contribution in [0.5, 0.6) is 0 Å². The molecule has 3 aromatic rings. The summed E-state index contributed by atoms with van der Waals surface area (Å²) < 4.78 is 59.4. The second-order valence-corrected chi connectivity index (χ2v) is 12.1. The van der Waals surface area contributed by atoms with Gasteiger partial charge in [-0.1, -0.05) is 49.4 Å². The minimum Gasteiger partial charge on any atom is -0.338 e. The molecule has 2 aliphatic rings. The fraction of sp³-hybridized carbons (Fsp3) is 0.469. The van der Waals surface area contributed by atoms with Crippen LogP contribution in [0.15, 0.2) is 60.8 Å². The summed E-state index contributed by atoms with van der Waals surface area (Å²) in [5, 5.41) is 7.23. The van der Waals surface area contributed by atoms with E-state index in [-0.39, 0.29) is 35.3 Å². The molecule has 2 aromatic carbocycles. The van der Waals surface area contributed by atoms with Gasteiger partial charge in [-0.15, -0.1) is 0 Å². The van der Waals surface area contributed by atoms with Crippen LogP contribution in [0, 0.1) is 5.82 Å². The Morgan fingerprint density at radius 1 is 1.05 bits per heavy atom. The van der Waals surface area contributed by atoms with Crippen molar-refractivity contribution < 1.29 is 27.2 Å². The van der Waals surface area contributed by atoms with Gasteiger partial charge in [0.15, 0.2) is 0 Å². The molecule has 2 heterocycles. The fourth-order valence-electron chi connectivity index (χ4n) is 5.92. The first kappa shape index (κ1) is 30.6. The van der Waals surface area contributed by atoms with Crippen LogP contribution >= 0.6 is 0 Å². The molecule has 1 saturated heterocycles. The topological polar surface area (TPSA) is 70.5 Å². The molecule has 3 amide bonds. The number of anilines is 1. The number of alkyl halides is 3. The van der Waals surface area contributed by atoms with Crippen LogP contribution in [-0.4, -0.2) is 63.9 Å². The van der Waals surface area contributed by atoms with Gasteiger partial charge in [0.1, 0.15) is 11.2 Å². The molecule has 1 atom stereocenters. The quantitative estimate of drug-likeness (QED) is 0.286. The third-order valence-corrected chi connectivity index (χ3v) is 9.02. The highest BCUT2D eigenvalue weighted by molar-refractivity contribution is 5.96. The zero-order chi connectivity index (χ0) is 31.0. The molecule has 0 radical (unpaired) electrons. The molecule has 1 aliphatic heterocycles. The molecule has 11 heteroatoms. The van der Waals surface area contributed by atoms with Crippen molar-refractivity contribution in [3.8, 4) is 0 Å². The fourth-order valence-corrected chi connectivity index (χ4v) is 5.92. The maximum absolute atomic E-state index is 14.5. The Kier molecular flexibility index (Phi) is 8.28. The third-order valence-electron chi connectivity index (χ3n) is 9.02. The van der Waals surface area contributed by atoms with Crippen molar-refractivity contribution in [3.05, 3.63) is 83.4 Å². The summed E-state index contributed by atoms with van der Waals surface area (Å²) in [4.78, 5) is 29.6. The Morgan fingerprint density at radius 3 is 2.26 bits per heavy atom. The molecule has 0 bridgehead atoms. The number of carbonyl (C=O) groups is 2. The van der Waals surface area contributed by atoms with Gasteiger partial charge in [-0.25, -0.2) is 9.18 Å². The smallest absolute Gasteiger partial charge is 0.338 e. The third kappa shape index (κ3) is 5.99. The minimum absolute atomic E-state index is 0.0914.